The van der Waals surface area contributed by atoms with Crippen molar-refractivity contribution in [2.24, 2.45) is 11.0 Å². The summed E-state index contributed by atoms with van der Waals surface area (Å²) in [6.07, 6.45) is 7.33. The Morgan fingerprint density at radius 1 is 0.967 bits per heavy atom. The van der Waals surface area contributed by atoms with Gasteiger partial charge in [-0.15, -0.1) is 0 Å². The first-order chi connectivity index (χ1) is 14.8. The number of carbonyl (C=O) groups is 1. The first-order valence-electron chi connectivity index (χ1n) is 10.3. The predicted octanol–water partition coefficient (Wildman–Crippen LogP) is 5.28. The van der Waals surface area contributed by atoms with Gasteiger partial charge in [0, 0.05) is 17.2 Å². The molecule has 3 aromatic rings. The lowest BCUT2D eigenvalue weighted by Crippen LogP contribution is -2.29. The molecule has 5 rings (SSSR count). The van der Waals surface area contributed by atoms with Gasteiger partial charge in [0.15, 0.2) is 0 Å². The molecule has 0 saturated carbocycles. The van der Waals surface area contributed by atoms with Crippen molar-refractivity contribution in [3.63, 3.8) is 0 Å². The molecule has 0 radical (unpaired) electrons. The summed E-state index contributed by atoms with van der Waals surface area (Å²) in [6, 6.07) is 26.3. The van der Waals surface area contributed by atoms with Crippen molar-refractivity contribution in [2.75, 3.05) is 5.32 Å². The Bertz CT molecular complexity index is 1100. The maximum Gasteiger partial charge on any atom is 0.271 e. The second kappa shape index (κ2) is 7.99. The summed E-state index contributed by atoms with van der Waals surface area (Å²) in [5.41, 5.74) is 7.92. The Morgan fingerprint density at radius 2 is 1.73 bits per heavy atom. The van der Waals surface area contributed by atoms with Crippen LogP contribution in [0.5, 0.6) is 0 Å². The van der Waals surface area contributed by atoms with Crippen LogP contribution in [0.3, 0.4) is 0 Å². The van der Waals surface area contributed by atoms with Crippen molar-refractivity contribution in [3.05, 3.63) is 113 Å². The van der Waals surface area contributed by atoms with Crippen LogP contribution in [0.1, 0.15) is 45.4 Å². The molecule has 30 heavy (non-hydrogen) atoms. The molecular weight excluding hydrogens is 370 g/mol. The zero-order valence-corrected chi connectivity index (χ0v) is 16.5. The first kappa shape index (κ1) is 18.4. The van der Waals surface area contributed by atoms with Crippen LogP contribution in [-0.4, -0.2) is 12.1 Å². The zero-order valence-electron chi connectivity index (χ0n) is 16.5. The van der Waals surface area contributed by atoms with Crippen LogP contribution < -0.4 is 10.7 Å². The molecule has 2 N–H and O–H groups in total. The highest BCUT2D eigenvalue weighted by Gasteiger charge is 2.37. The van der Waals surface area contributed by atoms with Crippen LogP contribution in [0.25, 0.3) is 0 Å². The zero-order chi connectivity index (χ0) is 20.3. The molecule has 0 bridgehead atoms. The minimum absolute atomic E-state index is 0.212. The number of fused-ring (bicyclic) bond motifs is 3. The smallest absolute Gasteiger partial charge is 0.271 e. The second-order valence-corrected chi connectivity index (χ2v) is 7.79. The van der Waals surface area contributed by atoms with E-state index < -0.39 is 0 Å². The third kappa shape index (κ3) is 3.52. The lowest BCUT2D eigenvalue weighted by molar-refractivity contribution is 0.0955. The van der Waals surface area contributed by atoms with Gasteiger partial charge in [-0.3, -0.25) is 4.79 Å². The first-order valence-corrected chi connectivity index (χ1v) is 10.3. The molecule has 0 spiro atoms. The van der Waals surface area contributed by atoms with Crippen LogP contribution >= 0.6 is 0 Å². The van der Waals surface area contributed by atoms with Gasteiger partial charge < -0.3 is 5.32 Å². The number of allylic oxidation sites excluding steroid dienone is 2. The molecule has 1 aliphatic carbocycles. The van der Waals surface area contributed by atoms with Crippen molar-refractivity contribution in [1.29, 1.82) is 0 Å². The normalized spacial score (nSPS) is 21.7. The van der Waals surface area contributed by atoms with Gasteiger partial charge in [-0.05, 0) is 47.2 Å². The average Bonchev–Trinajstić information content (AvgIpc) is 3.30. The Hall–Kier alpha value is -3.66. The lowest BCUT2D eigenvalue weighted by Gasteiger charge is -2.37. The minimum Gasteiger partial charge on any atom is -0.378 e. The predicted molar refractivity (Wildman–Crippen MR) is 121 cm³/mol. The summed E-state index contributed by atoms with van der Waals surface area (Å²) in [6.45, 7) is 0. The van der Waals surface area contributed by atoms with E-state index >= 15 is 0 Å². The molecule has 3 atom stereocenters. The number of nitrogens with one attached hydrogen (secondary N) is 2. The maximum absolute atomic E-state index is 12.4. The molecule has 0 fully saturated rings. The quantitative estimate of drug-likeness (QED) is 0.360. The van der Waals surface area contributed by atoms with E-state index in [2.05, 4.69) is 64.4 Å². The van der Waals surface area contributed by atoms with Crippen molar-refractivity contribution >= 4 is 17.8 Å². The number of anilines is 1. The van der Waals surface area contributed by atoms with E-state index in [4.69, 9.17) is 0 Å². The summed E-state index contributed by atoms with van der Waals surface area (Å²) in [7, 11) is 0. The SMILES string of the molecule is O=C(N/N=C\c1ccccc1)c1ccc([C@@H]2Nc3ccccc3[C@H]3C=CC[C@H]32)cc1. The summed E-state index contributed by atoms with van der Waals surface area (Å²) < 4.78 is 0. The molecule has 2 aliphatic rings. The maximum atomic E-state index is 12.4. The summed E-state index contributed by atoms with van der Waals surface area (Å²) in [5, 5.41) is 7.78. The van der Waals surface area contributed by atoms with Gasteiger partial charge in [-0.2, -0.15) is 5.10 Å². The summed E-state index contributed by atoms with van der Waals surface area (Å²) in [5.74, 6) is 0.730. The van der Waals surface area contributed by atoms with E-state index in [0.29, 0.717) is 17.4 Å². The van der Waals surface area contributed by atoms with Crippen molar-refractivity contribution < 1.29 is 4.79 Å². The number of nitrogens with zero attached hydrogens (tertiary/aromatic N) is 1. The lowest BCUT2D eigenvalue weighted by atomic mass is 9.77. The number of para-hydroxylation sites is 1. The van der Waals surface area contributed by atoms with Gasteiger partial charge in [0.25, 0.3) is 5.91 Å². The molecule has 3 aromatic carbocycles. The van der Waals surface area contributed by atoms with E-state index in [9.17, 15) is 4.79 Å². The van der Waals surface area contributed by atoms with Gasteiger partial charge >= 0.3 is 0 Å². The Balaban J connectivity index is 1.30. The fourth-order valence-corrected chi connectivity index (χ4v) is 4.48. The Kier molecular flexibility index (Phi) is 4.89. The average molecular weight is 393 g/mol. The van der Waals surface area contributed by atoms with Gasteiger partial charge in [0.2, 0.25) is 0 Å². The van der Waals surface area contributed by atoms with E-state index in [1.807, 2.05) is 42.5 Å². The third-order valence-corrected chi connectivity index (χ3v) is 5.98. The largest absolute Gasteiger partial charge is 0.378 e. The topological polar surface area (TPSA) is 53.5 Å². The van der Waals surface area contributed by atoms with Crippen LogP contribution in [-0.2, 0) is 0 Å². The third-order valence-electron chi connectivity index (χ3n) is 5.98. The van der Waals surface area contributed by atoms with E-state index in [1.165, 1.54) is 16.8 Å². The van der Waals surface area contributed by atoms with Gasteiger partial charge in [0.05, 0.1) is 12.3 Å². The van der Waals surface area contributed by atoms with Crippen molar-refractivity contribution in [1.82, 2.24) is 5.43 Å². The highest BCUT2D eigenvalue weighted by Crippen LogP contribution is 2.49. The number of hydrogen-bond donors (Lipinski definition) is 2. The van der Waals surface area contributed by atoms with Crippen LogP contribution in [0.2, 0.25) is 0 Å². The molecule has 0 saturated heterocycles. The second-order valence-electron chi connectivity index (χ2n) is 7.79. The molecule has 1 aliphatic heterocycles. The van der Waals surface area contributed by atoms with Crippen LogP contribution in [0, 0.1) is 5.92 Å². The number of hydrazone groups is 1. The van der Waals surface area contributed by atoms with Crippen LogP contribution in [0.4, 0.5) is 5.69 Å². The summed E-state index contributed by atoms with van der Waals surface area (Å²) >= 11 is 0. The Labute approximate surface area is 176 Å². The Morgan fingerprint density at radius 3 is 2.57 bits per heavy atom. The van der Waals surface area contributed by atoms with Gasteiger partial charge in [-0.25, -0.2) is 5.43 Å². The molecule has 0 aromatic heterocycles. The van der Waals surface area contributed by atoms with Crippen molar-refractivity contribution in [3.8, 4) is 0 Å². The fraction of sp³-hybridized carbons (Fsp3) is 0.154. The molecule has 1 heterocycles. The van der Waals surface area contributed by atoms with E-state index in [1.54, 1.807) is 6.21 Å². The number of carbonyl (C=O) groups excluding carboxylic acids is 1. The molecule has 4 nitrogen and oxygen atoms in total. The molecular formula is C26H23N3O. The number of amides is 1. The van der Waals surface area contributed by atoms with Crippen molar-refractivity contribution in [2.45, 2.75) is 18.4 Å². The highest BCUT2D eigenvalue weighted by molar-refractivity contribution is 5.94. The number of rotatable bonds is 4. The standard InChI is InChI=1S/C26H23N3O/c30-26(29-27-17-18-7-2-1-3-8-18)20-15-13-19(14-16-20)25-23-11-6-10-21(23)22-9-4-5-12-24(22)28-25/h1-10,12-17,21,23,25,28H,11H2,(H,29,30)/b27-17-/t21-,23-,25+/m1/s1. The fourth-order valence-electron chi connectivity index (χ4n) is 4.48. The minimum atomic E-state index is -0.212. The molecule has 0 unspecified atom stereocenters. The van der Waals surface area contributed by atoms with E-state index in [0.717, 1.165) is 12.0 Å². The highest BCUT2D eigenvalue weighted by atomic mass is 16.2. The monoisotopic (exact) mass is 393 g/mol. The summed E-state index contributed by atoms with van der Waals surface area (Å²) in [4.78, 5) is 12.4. The van der Waals surface area contributed by atoms with Gasteiger partial charge in [-0.1, -0.05) is 72.8 Å². The number of hydrogen-bond acceptors (Lipinski definition) is 3. The van der Waals surface area contributed by atoms with Gasteiger partial charge in [0.1, 0.15) is 0 Å². The van der Waals surface area contributed by atoms with E-state index in [-0.39, 0.29) is 11.9 Å². The molecule has 1 amide bonds. The molecule has 148 valence electrons. The van der Waals surface area contributed by atoms with Crippen LogP contribution in [0.15, 0.2) is 96.1 Å². The molecule has 4 heteroatoms. The number of benzene rings is 3.